The van der Waals surface area contributed by atoms with Gasteiger partial charge in [-0.15, -0.1) is 11.3 Å². The van der Waals surface area contributed by atoms with Gasteiger partial charge in [-0.3, -0.25) is 9.59 Å². The van der Waals surface area contributed by atoms with E-state index in [1.165, 1.54) is 0 Å². The van der Waals surface area contributed by atoms with Gasteiger partial charge in [-0.1, -0.05) is 36.4 Å². The minimum atomic E-state index is -0.619. The molecule has 1 aliphatic carbocycles. The van der Waals surface area contributed by atoms with Gasteiger partial charge in [0, 0.05) is 0 Å². The van der Waals surface area contributed by atoms with Crippen molar-refractivity contribution in [3.63, 3.8) is 0 Å². The maximum Gasteiger partial charge on any atom is 0.251 e. The number of Topliss-reactive ketones (excluding diaryl/α,β-unsaturated/α-hetero) is 1. The predicted molar refractivity (Wildman–Crippen MR) is 85.4 cm³/mol. The van der Waals surface area contributed by atoms with E-state index in [4.69, 9.17) is 16.7 Å². The summed E-state index contributed by atoms with van der Waals surface area (Å²) in [5.41, 5.74) is 11.7. The predicted octanol–water partition coefficient (Wildman–Crippen LogP) is 2.38. The van der Waals surface area contributed by atoms with Crippen molar-refractivity contribution in [2.24, 2.45) is 11.7 Å². The molecule has 5 nitrogen and oxygen atoms in total. The number of hydrogen-bond donors (Lipinski definition) is 2. The van der Waals surface area contributed by atoms with Crippen molar-refractivity contribution in [1.29, 1.82) is 5.26 Å². The van der Waals surface area contributed by atoms with Crippen LogP contribution in [-0.2, 0) is 6.42 Å². The molecule has 1 aliphatic rings. The minimum absolute atomic E-state index is 0.243. The standard InChI is InChI=1S/C10H9N3O2S.C6H6/c11-3-4-1-2-5-6(9(12)15)10(13)16-8(5)7(4)14;1-2-4-6-5-3-1/h4H,1-2,13H2,(H2,12,15);1-6H. The van der Waals surface area contributed by atoms with Crippen LogP contribution < -0.4 is 11.5 Å². The number of fused-ring (bicyclic) bond motifs is 1. The van der Waals surface area contributed by atoms with Crippen molar-refractivity contribution in [1.82, 2.24) is 0 Å². The highest BCUT2D eigenvalue weighted by atomic mass is 32.1. The SMILES string of the molecule is N#CC1CCc2c(sc(N)c2C(N)=O)C1=O.c1ccccc1. The topological polar surface area (TPSA) is 110 Å². The number of nitrogen functional groups attached to an aromatic ring is 1. The molecule has 0 bridgehead atoms. The van der Waals surface area contributed by atoms with Crippen LogP contribution in [0, 0.1) is 17.2 Å². The van der Waals surface area contributed by atoms with Gasteiger partial charge in [0.1, 0.15) is 5.92 Å². The van der Waals surface area contributed by atoms with Crippen LogP contribution in [0.3, 0.4) is 0 Å². The van der Waals surface area contributed by atoms with E-state index in [1.54, 1.807) is 0 Å². The molecule has 0 spiro atoms. The first-order valence-electron chi connectivity index (χ1n) is 6.71. The molecule has 0 radical (unpaired) electrons. The third-order valence-electron chi connectivity index (χ3n) is 3.33. The fourth-order valence-electron chi connectivity index (χ4n) is 2.28. The number of primary amides is 1. The summed E-state index contributed by atoms with van der Waals surface area (Å²) in [4.78, 5) is 23.4. The molecule has 112 valence electrons. The van der Waals surface area contributed by atoms with Gasteiger partial charge in [-0.2, -0.15) is 5.26 Å². The van der Waals surface area contributed by atoms with Gasteiger partial charge in [0.05, 0.1) is 21.5 Å². The number of ketones is 1. The van der Waals surface area contributed by atoms with E-state index in [0.29, 0.717) is 23.3 Å². The van der Waals surface area contributed by atoms with E-state index in [1.807, 2.05) is 42.5 Å². The lowest BCUT2D eigenvalue weighted by atomic mass is 9.87. The van der Waals surface area contributed by atoms with Crippen molar-refractivity contribution in [2.75, 3.05) is 5.73 Å². The Morgan fingerprint density at radius 1 is 1.23 bits per heavy atom. The number of hydrogen-bond acceptors (Lipinski definition) is 5. The maximum absolute atomic E-state index is 11.8. The van der Waals surface area contributed by atoms with Crippen molar-refractivity contribution >= 4 is 28.0 Å². The second kappa shape index (κ2) is 6.87. The zero-order chi connectivity index (χ0) is 16.1. The summed E-state index contributed by atoms with van der Waals surface area (Å²) >= 11 is 1.05. The van der Waals surface area contributed by atoms with E-state index < -0.39 is 11.8 Å². The smallest absolute Gasteiger partial charge is 0.251 e. The Kier molecular flexibility index (Phi) is 4.92. The van der Waals surface area contributed by atoms with Gasteiger partial charge >= 0.3 is 0 Å². The Hall–Kier alpha value is -2.65. The van der Waals surface area contributed by atoms with E-state index in [0.717, 1.165) is 11.3 Å². The number of anilines is 1. The lowest BCUT2D eigenvalue weighted by Gasteiger charge is -2.14. The number of nitrogens with two attached hydrogens (primary N) is 2. The number of carbonyl (C=O) groups is 2. The zero-order valence-electron chi connectivity index (χ0n) is 11.8. The molecule has 6 heteroatoms. The largest absolute Gasteiger partial charge is 0.390 e. The monoisotopic (exact) mass is 313 g/mol. The Bertz CT molecular complexity index is 705. The highest BCUT2D eigenvalue weighted by Gasteiger charge is 2.33. The minimum Gasteiger partial charge on any atom is -0.390 e. The first-order valence-corrected chi connectivity index (χ1v) is 7.52. The summed E-state index contributed by atoms with van der Waals surface area (Å²) in [6.45, 7) is 0. The number of nitriles is 1. The van der Waals surface area contributed by atoms with Crippen LogP contribution in [0.25, 0.3) is 0 Å². The lowest BCUT2D eigenvalue weighted by Crippen LogP contribution is -2.22. The van der Waals surface area contributed by atoms with E-state index >= 15 is 0 Å². The summed E-state index contributed by atoms with van der Waals surface area (Å²) < 4.78 is 0. The molecule has 0 saturated heterocycles. The van der Waals surface area contributed by atoms with Crippen molar-refractivity contribution in [3.8, 4) is 6.07 Å². The van der Waals surface area contributed by atoms with Gasteiger partial charge in [0.15, 0.2) is 5.78 Å². The molecule has 2 aromatic rings. The molecule has 4 N–H and O–H groups in total. The van der Waals surface area contributed by atoms with Crippen LogP contribution in [0.2, 0.25) is 0 Å². The molecule has 1 unspecified atom stereocenters. The third kappa shape index (κ3) is 3.15. The molecular weight excluding hydrogens is 298 g/mol. The van der Waals surface area contributed by atoms with E-state index in [9.17, 15) is 9.59 Å². The molecule has 0 aliphatic heterocycles. The summed E-state index contributed by atoms with van der Waals surface area (Å²) in [7, 11) is 0. The zero-order valence-corrected chi connectivity index (χ0v) is 12.6. The number of benzene rings is 1. The molecule has 1 aromatic heterocycles. The van der Waals surface area contributed by atoms with E-state index in [-0.39, 0.29) is 16.3 Å². The second-order valence-electron chi connectivity index (χ2n) is 4.75. The average Bonchev–Trinajstić information content (AvgIpc) is 2.87. The average molecular weight is 313 g/mol. The number of rotatable bonds is 1. The Morgan fingerprint density at radius 2 is 1.77 bits per heavy atom. The lowest BCUT2D eigenvalue weighted by molar-refractivity contribution is 0.0939. The fourth-order valence-corrected chi connectivity index (χ4v) is 3.39. The molecule has 1 amide bonds. The number of amides is 1. The third-order valence-corrected chi connectivity index (χ3v) is 4.40. The number of nitrogens with zero attached hydrogens (tertiary/aromatic N) is 1. The van der Waals surface area contributed by atoms with Crippen LogP contribution in [0.5, 0.6) is 0 Å². The maximum atomic E-state index is 11.8. The first kappa shape index (κ1) is 15.7. The number of carbonyl (C=O) groups excluding carboxylic acids is 2. The Morgan fingerprint density at radius 3 is 2.23 bits per heavy atom. The van der Waals surface area contributed by atoms with Crippen molar-refractivity contribution in [3.05, 3.63) is 52.4 Å². The summed E-state index contributed by atoms with van der Waals surface area (Å²) in [6.07, 6.45) is 0.935. The normalized spacial score (nSPS) is 16.0. The van der Waals surface area contributed by atoms with Gasteiger partial charge in [0.25, 0.3) is 5.91 Å². The van der Waals surface area contributed by atoms with Crippen molar-refractivity contribution in [2.45, 2.75) is 12.8 Å². The van der Waals surface area contributed by atoms with Gasteiger partial charge in [0.2, 0.25) is 0 Å². The summed E-state index contributed by atoms with van der Waals surface area (Å²) in [6, 6.07) is 14.0. The van der Waals surface area contributed by atoms with Gasteiger partial charge in [-0.05, 0) is 18.4 Å². The second-order valence-corrected chi connectivity index (χ2v) is 5.80. The van der Waals surface area contributed by atoms with Crippen molar-refractivity contribution < 1.29 is 9.59 Å². The molecule has 1 atom stereocenters. The number of thiophene rings is 1. The molecular formula is C16H15N3O2S. The molecule has 1 aromatic carbocycles. The van der Waals surface area contributed by atoms with Gasteiger partial charge < -0.3 is 11.5 Å². The molecule has 0 saturated carbocycles. The van der Waals surface area contributed by atoms with Crippen LogP contribution in [0.1, 0.15) is 32.0 Å². The quantitative estimate of drug-likeness (QED) is 0.842. The molecule has 0 fully saturated rings. The molecule has 3 rings (SSSR count). The summed E-state index contributed by atoms with van der Waals surface area (Å²) in [5, 5.41) is 9.05. The van der Waals surface area contributed by atoms with Crippen LogP contribution >= 0.6 is 11.3 Å². The van der Waals surface area contributed by atoms with Gasteiger partial charge in [-0.25, -0.2) is 0 Å². The first-order chi connectivity index (χ1) is 10.6. The van der Waals surface area contributed by atoms with Crippen LogP contribution in [0.15, 0.2) is 36.4 Å². The molecule has 22 heavy (non-hydrogen) atoms. The molecule has 1 heterocycles. The highest BCUT2D eigenvalue weighted by molar-refractivity contribution is 7.18. The van der Waals surface area contributed by atoms with E-state index in [2.05, 4.69) is 0 Å². The van der Waals surface area contributed by atoms with Crippen LogP contribution in [-0.4, -0.2) is 11.7 Å². The Balaban J connectivity index is 0.000000246. The fraction of sp³-hybridized carbons (Fsp3) is 0.188. The Labute approximate surface area is 132 Å². The summed E-state index contributed by atoms with van der Waals surface area (Å²) in [5.74, 6) is -1.47. The van der Waals surface area contributed by atoms with Crippen LogP contribution in [0.4, 0.5) is 5.00 Å². The highest BCUT2D eigenvalue weighted by Crippen LogP contribution is 2.37.